The number of benzene rings is 1. The van der Waals surface area contributed by atoms with Crippen LogP contribution in [0.3, 0.4) is 0 Å². The van der Waals surface area contributed by atoms with E-state index in [1.54, 1.807) is 0 Å². The van der Waals surface area contributed by atoms with Crippen LogP contribution in [0.25, 0.3) is 0 Å². The van der Waals surface area contributed by atoms with Gasteiger partial charge in [0.05, 0.1) is 4.90 Å². The van der Waals surface area contributed by atoms with E-state index in [1.165, 1.54) is 31.2 Å². The third-order valence-corrected chi connectivity index (χ3v) is 4.21. The van der Waals surface area contributed by atoms with Crippen molar-refractivity contribution in [2.45, 2.75) is 37.6 Å². The molecule has 0 amide bonds. The zero-order valence-electron chi connectivity index (χ0n) is 11.6. The zero-order chi connectivity index (χ0) is 14.5. The Bertz CT molecular complexity index is 529. The molecule has 0 spiro atoms. The van der Waals surface area contributed by atoms with Gasteiger partial charge in [-0.25, -0.2) is 13.1 Å². The maximum atomic E-state index is 12.0. The summed E-state index contributed by atoms with van der Waals surface area (Å²) >= 11 is 0. The van der Waals surface area contributed by atoms with E-state index >= 15 is 0 Å². The molecule has 0 aliphatic heterocycles. The van der Waals surface area contributed by atoms with Gasteiger partial charge in [-0.05, 0) is 25.5 Å². The molecule has 20 heavy (non-hydrogen) atoms. The van der Waals surface area contributed by atoms with Gasteiger partial charge in [0.25, 0.3) is 0 Å². The fourth-order valence-corrected chi connectivity index (χ4v) is 2.74. The van der Waals surface area contributed by atoms with Crippen molar-refractivity contribution in [2.75, 3.05) is 6.54 Å². The number of nitrogens with one attached hydrogen (secondary N) is 1. The number of hydrogen-bond acceptors (Lipinski definition) is 4. The summed E-state index contributed by atoms with van der Waals surface area (Å²) in [6.45, 7) is 3.64. The van der Waals surface area contributed by atoms with Crippen molar-refractivity contribution in [2.24, 2.45) is 5.73 Å². The summed E-state index contributed by atoms with van der Waals surface area (Å²) < 4.78 is 26.4. The normalized spacial score (nSPS) is 12.6. The van der Waals surface area contributed by atoms with Crippen molar-refractivity contribution in [1.82, 2.24) is 4.72 Å². The first kappa shape index (κ1) is 19.1. The standard InChI is InChI=1S/C13H20N2O3S.ClH/c1-3-4-12(14)9-15-19(17,18)13-7-5-11(6-8-13)10(2)16;/h5-8,12,15H,3-4,9,14H2,1-2H3;1H. The third-order valence-electron chi connectivity index (χ3n) is 2.77. The van der Waals surface area contributed by atoms with E-state index in [1.807, 2.05) is 6.92 Å². The average Bonchev–Trinajstić information content (AvgIpc) is 2.37. The molecule has 0 aliphatic rings. The Morgan fingerprint density at radius 3 is 2.30 bits per heavy atom. The number of carbonyl (C=O) groups excluding carboxylic acids is 1. The number of halogens is 1. The molecular weight excluding hydrogens is 300 g/mol. The lowest BCUT2D eigenvalue weighted by molar-refractivity contribution is 0.101. The summed E-state index contributed by atoms with van der Waals surface area (Å²) in [5, 5.41) is 0. The molecule has 1 aromatic rings. The quantitative estimate of drug-likeness (QED) is 0.748. The molecule has 0 saturated heterocycles. The summed E-state index contributed by atoms with van der Waals surface area (Å²) in [5.41, 5.74) is 6.25. The second-order valence-electron chi connectivity index (χ2n) is 4.48. The molecule has 1 unspecified atom stereocenters. The van der Waals surface area contributed by atoms with E-state index in [2.05, 4.69) is 4.72 Å². The smallest absolute Gasteiger partial charge is 0.240 e. The summed E-state index contributed by atoms with van der Waals surface area (Å²) in [5.74, 6) is -0.0955. The minimum atomic E-state index is -3.56. The van der Waals surface area contributed by atoms with Crippen LogP contribution < -0.4 is 10.5 Å². The van der Waals surface area contributed by atoms with Crippen molar-refractivity contribution in [1.29, 1.82) is 0 Å². The largest absolute Gasteiger partial charge is 0.327 e. The molecule has 0 bridgehead atoms. The van der Waals surface area contributed by atoms with Crippen LogP contribution in [0.15, 0.2) is 29.2 Å². The van der Waals surface area contributed by atoms with Crippen molar-refractivity contribution in [3.8, 4) is 0 Å². The molecule has 1 rings (SSSR count). The Morgan fingerprint density at radius 2 is 1.85 bits per heavy atom. The van der Waals surface area contributed by atoms with Crippen molar-refractivity contribution < 1.29 is 13.2 Å². The first-order chi connectivity index (χ1) is 8.86. The predicted molar refractivity (Wildman–Crippen MR) is 81.8 cm³/mol. The molecule has 1 atom stereocenters. The van der Waals surface area contributed by atoms with Crippen LogP contribution in [0, 0.1) is 0 Å². The fourth-order valence-electron chi connectivity index (χ4n) is 1.64. The van der Waals surface area contributed by atoms with Gasteiger partial charge in [-0.1, -0.05) is 25.5 Å². The van der Waals surface area contributed by atoms with Gasteiger partial charge in [0.2, 0.25) is 10.0 Å². The SMILES string of the molecule is CCCC(N)CNS(=O)(=O)c1ccc(C(C)=O)cc1.Cl. The monoisotopic (exact) mass is 320 g/mol. The van der Waals surface area contributed by atoms with Gasteiger partial charge >= 0.3 is 0 Å². The van der Waals surface area contributed by atoms with Crippen LogP contribution in [0.2, 0.25) is 0 Å². The van der Waals surface area contributed by atoms with E-state index in [9.17, 15) is 13.2 Å². The van der Waals surface area contributed by atoms with Gasteiger partial charge in [-0.15, -0.1) is 12.4 Å². The topological polar surface area (TPSA) is 89.3 Å². The molecule has 0 aliphatic carbocycles. The Morgan fingerprint density at radius 1 is 1.30 bits per heavy atom. The molecule has 0 saturated carbocycles. The Kier molecular flexibility index (Phi) is 7.96. The first-order valence-electron chi connectivity index (χ1n) is 6.23. The van der Waals surface area contributed by atoms with E-state index in [4.69, 9.17) is 5.73 Å². The minimum absolute atomic E-state index is 0. The average molecular weight is 321 g/mol. The first-order valence-corrected chi connectivity index (χ1v) is 7.71. The number of Topliss-reactive ketones (excluding diaryl/α,β-unsaturated/α-hetero) is 1. The number of hydrogen-bond donors (Lipinski definition) is 2. The predicted octanol–water partition coefficient (Wildman–Crippen LogP) is 1.72. The number of nitrogens with two attached hydrogens (primary N) is 1. The number of ketones is 1. The van der Waals surface area contributed by atoms with Crippen LogP contribution in [-0.2, 0) is 10.0 Å². The zero-order valence-corrected chi connectivity index (χ0v) is 13.3. The number of rotatable bonds is 7. The van der Waals surface area contributed by atoms with Gasteiger partial charge < -0.3 is 5.73 Å². The maximum Gasteiger partial charge on any atom is 0.240 e. The van der Waals surface area contributed by atoms with Crippen molar-refractivity contribution in [3.63, 3.8) is 0 Å². The molecule has 114 valence electrons. The molecule has 1 aromatic carbocycles. The summed E-state index contributed by atoms with van der Waals surface area (Å²) in [7, 11) is -3.56. The van der Waals surface area contributed by atoms with Crippen LogP contribution >= 0.6 is 12.4 Å². The van der Waals surface area contributed by atoms with Crippen LogP contribution in [0.1, 0.15) is 37.0 Å². The highest BCUT2D eigenvalue weighted by atomic mass is 35.5. The number of sulfonamides is 1. The Hall–Kier alpha value is -0.950. The van der Waals surface area contributed by atoms with Crippen molar-refractivity contribution in [3.05, 3.63) is 29.8 Å². The van der Waals surface area contributed by atoms with E-state index < -0.39 is 10.0 Å². The van der Waals surface area contributed by atoms with Crippen LogP contribution in [0.5, 0.6) is 0 Å². The lowest BCUT2D eigenvalue weighted by atomic mass is 10.2. The summed E-state index contributed by atoms with van der Waals surface area (Å²) in [6.07, 6.45) is 1.68. The van der Waals surface area contributed by atoms with Crippen molar-refractivity contribution >= 4 is 28.2 Å². The van der Waals surface area contributed by atoms with Gasteiger partial charge in [0, 0.05) is 18.2 Å². The van der Waals surface area contributed by atoms with Crippen LogP contribution in [0.4, 0.5) is 0 Å². The molecule has 0 fully saturated rings. The third kappa shape index (κ3) is 5.58. The highest BCUT2D eigenvalue weighted by Gasteiger charge is 2.15. The fraction of sp³-hybridized carbons (Fsp3) is 0.462. The number of carbonyl (C=O) groups is 1. The molecule has 5 nitrogen and oxygen atoms in total. The molecule has 0 heterocycles. The van der Waals surface area contributed by atoms with Gasteiger partial charge in [-0.2, -0.15) is 0 Å². The second-order valence-corrected chi connectivity index (χ2v) is 6.25. The molecule has 7 heteroatoms. The van der Waals surface area contributed by atoms with Gasteiger partial charge in [-0.3, -0.25) is 4.79 Å². The van der Waals surface area contributed by atoms with Gasteiger partial charge in [0.15, 0.2) is 5.78 Å². The van der Waals surface area contributed by atoms with E-state index in [0.717, 1.165) is 12.8 Å². The lowest BCUT2D eigenvalue weighted by Crippen LogP contribution is -2.37. The molecule has 0 aromatic heterocycles. The molecular formula is C13H21ClN2O3S. The second kappa shape index (κ2) is 8.36. The minimum Gasteiger partial charge on any atom is -0.327 e. The van der Waals surface area contributed by atoms with Crippen LogP contribution in [-0.4, -0.2) is 26.8 Å². The summed E-state index contributed by atoms with van der Waals surface area (Å²) in [4.78, 5) is 11.3. The van der Waals surface area contributed by atoms with E-state index in [0.29, 0.717) is 5.56 Å². The molecule has 0 radical (unpaired) electrons. The lowest BCUT2D eigenvalue weighted by Gasteiger charge is -2.12. The Labute approximate surface area is 126 Å². The molecule has 3 N–H and O–H groups in total. The van der Waals surface area contributed by atoms with E-state index in [-0.39, 0.29) is 35.7 Å². The maximum absolute atomic E-state index is 12.0. The van der Waals surface area contributed by atoms with Gasteiger partial charge in [0.1, 0.15) is 0 Å². The highest BCUT2D eigenvalue weighted by Crippen LogP contribution is 2.11. The summed E-state index contributed by atoms with van der Waals surface area (Å²) in [6, 6.07) is 5.66. The highest BCUT2D eigenvalue weighted by molar-refractivity contribution is 7.89. The Balaban J connectivity index is 0.00000361.